The van der Waals surface area contributed by atoms with E-state index in [9.17, 15) is 0 Å². The van der Waals surface area contributed by atoms with Gasteiger partial charge < -0.3 is 14.8 Å². The molecule has 3 rings (SSSR count). The van der Waals surface area contributed by atoms with Gasteiger partial charge in [0.05, 0.1) is 12.3 Å². The second-order valence-corrected chi connectivity index (χ2v) is 5.45. The van der Waals surface area contributed by atoms with Gasteiger partial charge in [0.15, 0.2) is 0 Å². The number of nitrogens with one attached hydrogen (secondary N) is 1. The van der Waals surface area contributed by atoms with Gasteiger partial charge in [-0.25, -0.2) is 4.98 Å². The van der Waals surface area contributed by atoms with Crippen LogP contribution in [0.2, 0.25) is 0 Å². The molecular weight excluding hydrogens is 236 g/mol. The van der Waals surface area contributed by atoms with Gasteiger partial charge in [0.1, 0.15) is 11.1 Å². The maximum atomic E-state index is 5.73. The third-order valence-electron chi connectivity index (χ3n) is 3.38. The Morgan fingerprint density at radius 2 is 2.18 bits per heavy atom. The van der Waals surface area contributed by atoms with E-state index in [2.05, 4.69) is 10.7 Å². The Kier molecular flexibility index (Phi) is 3.71. The maximum Gasteiger partial charge on any atom is 0.123 e. The van der Waals surface area contributed by atoms with Crippen LogP contribution in [0.15, 0.2) is 5.38 Å². The second kappa shape index (κ2) is 5.44. The van der Waals surface area contributed by atoms with Crippen LogP contribution in [0.4, 0.5) is 0 Å². The Morgan fingerprint density at radius 3 is 2.94 bits per heavy atom. The topological polar surface area (TPSA) is 43.4 Å². The molecule has 3 heterocycles. The fourth-order valence-electron chi connectivity index (χ4n) is 2.35. The standard InChI is InChI=1S/C12H18N2O2S/c1-4-15-5-2-9(1)10-8-17-12(14-10)11-7-13-3-6-16-11/h8-9,11,13H,1-7H2. The summed E-state index contributed by atoms with van der Waals surface area (Å²) in [4.78, 5) is 4.76. The molecule has 2 aliphatic rings. The van der Waals surface area contributed by atoms with Crippen LogP contribution in [0, 0.1) is 0 Å². The number of hydrogen-bond donors (Lipinski definition) is 1. The molecule has 2 saturated heterocycles. The highest BCUT2D eigenvalue weighted by Gasteiger charge is 2.23. The molecule has 0 amide bonds. The molecule has 1 unspecified atom stereocenters. The minimum absolute atomic E-state index is 0.155. The predicted octanol–water partition coefficient (Wildman–Crippen LogP) is 1.70. The van der Waals surface area contributed by atoms with Crippen LogP contribution < -0.4 is 5.32 Å². The van der Waals surface area contributed by atoms with Crippen molar-refractivity contribution in [1.29, 1.82) is 0 Å². The summed E-state index contributed by atoms with van der Waals surface area (Å²) in [6.45, 7) is 4.38. The summed E-state index contributed by atoms with van der Waals surface area (Å²) in [5.74, 6) is 0.588. The Hall–Kier alpha value is -0.490. The second-order valence-electron chi connectivity index (χ2n) is 4.56. The van der Waals surface area contributed by atoms with Crippen LogP contribution >= 0.6 is 11.3 Å². The molecule has 2 fully saturated rings. The number of nitrogens with zero attached hydrogens (tertiary/aromatic N) is 1. The van der Waals surface area contributed by atoms with E-state index in [0.29, 0.717) is 5.92 Å². The lowest BCUT2D eigenvalue weighted by Gasteiger charge is -2.22. The third kappa shape index (κ3) is 2.68. The molecule has 5 heteroatoms. The summed E-state index contributed by atoms with van der Waals surface area (Å²) < 4.78 is 11.1. The third-order valence-corrected chi connectivity index (χ3v) is 4.34. The van der Waals surface area contributed by atoms with Crippen LogP contribution in [0.1, 0.15) is 35.6 Å². The normalized spacial score (nSPS) is 27.2. The average molecular weight is 254 g/mol. The molecule has 0 radical (unpaired) electrons. The van der Waals surface area contributed by atoms with E-state index in [0.717, 1.165) is 50.8 Å². The van der Waals surface area contributed by atoms with E-state index in [1.165, 1.54) is 5.69 Å². The van der Waals surface area contributed by atoms with Gasteiger partial charge >= 0.3 is 0 Å². The largest absolute Gasteiger partial charge is 0.381 e. The molecule has 94 valence electrons. The van der Waals surface area contributed by atoms with Gasteiger partial charge in [0.2, 0.25) is 0 Å². The highest BCUT2D eigenvalue weighted by molar-refractivity contribution is 7.09. The van der Waals surface area contributed by atoms with Crippen molar-refractivity contribution in [2.24, 2.45) is 0 Å². The van der Waals surface area contributed by atoms with Gasteiger partial charge in [0, 0.05) is 37.6 Å². The number of rotatable bonds is 2. The first kappa shape index (κ1) is 11.6. The minimum atomic E-state index is 0.155. The van der Waals surface area contributed by atoms with Crippen molar-refractivity contribution in [3.8, 4) is 0 Å². The number of morpholine rings is 1. The molecule has 0 aromatic carbocycles. The number of ether oxygens (including phenoxy) is 2. The summed E-state index contributed by atoms with van der Waals surface area (Å²) in [5.41, 5.74) is 1.24. The Labute approximate surface area is 105 Å². The zero-order valence-electron chi connectivity index (χ0n) is 9.85. The van der Waals surface area contributed by atoms with Crippen LogP contribution in [0.5, 0.6) is 0 Å². The molecule has 17 heavy (non-hydrogen) atoms. The van der Waals surface area contributed by atoms with Crippen LogP contribution in [-0.2, 0) is 9.47 Å². The number of aromatic nitrogens is 1. The van der Waals surface area contributed by atoms with Crippen LogP contribution in [0.3, 0.4) is 0 Å². The quantitative estimate of drug-likeness (QED) is 0.872. The monoisotopic (exact) mass is 254 g/mol. The van der Waals surface area contributed by atoms with Crippen molar-refractivity contribution >= 4 is 11.3 Å². The van der Waals surface area contributed by atoms with Crippen LogP contribution in [-0.4, -0.2) is 37.9 Å². The van der Waals surface area contributed by atoms with Gasteiger partial charge in [0.25, 0.3) is 0 Å². The molecule has 1 aromatic rings. The number of thiazole rings is 1. The summed E-state index contributed by atoms with van der Waals surface area (Å²) in [6.07, 6.45) is 2.36. The molecule has 2 aliphatic heterocycles. The van der Waals surface area contributed by atoms with Crippen molar-refractivity contribution in [3.05, 3.63) is 16.1 Å². The van der Waals surface area contributed by atoms with Crippen molar-refractivity contribution in [1.82, 2.24) is 10.3 Å². The Bertz CT molecular complexity index is 325. The van der Waals surface area contributed by atoms with E-state index in [4.69, 9.17) is 14.5 Å². The SMILES string of the molecule is c1sc(C2CNCCO2)nc1C1CCOCC1. The van der Waals surface area contributed by atoms with Gasteiger partial charge in [-0.05, 0) is 12.8 Å². The fourth-order valence-corrected chi connectivity index (χ4v) is 3.30. The van der Waals surface area contributed by atoms with Gasteiger partial charge in [-0.1, -0.05) is 0 Å². The van der Waals surface area contributed by atoms with E-state index < -0.39 is 0 Å². The Balaban J connectivity index is 1.68. The lowest BCUT2D eigenvalue weighted by molar-refractivity contribution is 0.0273. The molecular formula is C12H18N2O2S. The predicted molar refractivity (Wildman–Crippen MR) is 66.5 cm³/mol. The van der Waals surface area contributed by atoms with E-state index >= 15 is 0 Å². The van der Waals surface area contributed by atoms with Gasteiger partial charge in [-0.3, -0.25) is 0 Å². The van der Waals surface area contributed by atoms with Gasteiger partial charge in [-0.15, -0.1) is 11.3 Å². The molecule has 0 saturated carbocycles. The van der Waals surface area contributed by atoms with Crippen LogP contribution in [0.25, 0.3) is 0 Å². The van der Waals surface area contributed by atoms with E-state index in [1.54, 1.807) is 11.3 Å². The Morgan fingerprint density at radius 1 is 1.29 bits per heavy atom. The molecule has 1 aromatic heterocycles. The first-order valence-electron chi connectivity index (χ1n) is 6.29. The lowest BCUT2D eigenvalue weighted by atomic mass is 9.97. The summed E-state index contributed by atoms with van der Waals surface area (Å²) in [5, 5.41) is 6.67. The maximum absolute atomic E-state index is 5.73. The lowest BCUT2D eigenvalue weighted by Crippen LogP contribution is -2.33. The first-order chi connectivity index (χ1) is 8.43. The van der Waals surface area contributed by atoms with Crippen molar-refractivity contribution in [3.63, 3.8) is 0 Å². The summed E-state index contributed by atoms with van der Waals surface area (Å²) in [7, 11) is 0. The molecule has 1 atom stereocenters. The van der Waals surface area contributed by atoms with Crippen molar-refractivity contribution < 1.29 is 9.47 Å². The molecule has 0 bridgehead atoms. The highest BCUT2D eigenvalue weighted by atomic mass is 32.1. The van der Waals surface area contributed by atoms with Crippen molar-refractivity contribution in [2.75, 3.05) is 32.9 Å². The average Bonchev–Trinajstić information content (AvgIpc) is 2.90. The summed E-state index contributed by atoms with van der Waals surface area (Å²) in [6, 6.07) is 0. The molecule has 0 spiro atoms. The fraction of sp³-hybridized carbons (Fsp3) is 0.750. The van der Waals surface area contributed by atoms with Crippen molar-refractivity contribution in [2.45, 2.75) is 24.9 Å². The minimum Gasteiger partial charge on any atom is -0.381 e. The highest BCUT2D eigenvalue weighted by Crippen LogP contribution is 2.30. The molecule has 1 N–H and O–H groups in total. The zero-order valence-corrected chi connectivity index (χ0v) is 10.7. The molecule has 4 nitrogen and oxygen atoms in total. The zero-order chi connectivity index (χ0) is 11.5. The molecule has 0 aliphatic carbocycles. The van der Waals surface area contributed by atoms with E-state index in [-0.39, 0.29) is 6.10 Å². The number of hydrogen-bond acceptors (Lipinski definition) is 5. The first-order valence-corrected chi connectivity index (χ1v) is 7.17. The summed E-state index contributed by atoms with van der Waals surface area (Å²) >= 11 is 1.73. The van der Waals surface area contributed by atoms with E-state index in [1.807, 2.05) is 0 Å². The smallest absolute Gasteiger partial charge is 0.123 e. The van der Waals surface area contributed by atoms with Gasteiger partial charge in [-0.2, -0.15) is 0 Å².